The molecule has 42 heavy (non-hydrogen) atoms. The van der Waals surface area contributed by atoms with E-state index >= 15 is 0 Å². The first kappa shape index (κ1) is 37.3. The molecule has 238 valence electrons. The fraction of sp³-hybridized carbons (Fsp3) is 0.688. The molecule has 0 spiro atoms. The molecular weight excluding hydrogens is 554 g/mol. The van der Waals surface area contributed by atoms with Gasteiger partial charge in [-0.05, 0) is 70.6 Å². The number of thioether (sulfide) groups is 1. The molecule has 2 N–H and O–H groups in total. The van der Waals surface area contributed by atoms with Crippen molar-refractivity contribution in [1.29, 1.82) is 0 Å². The van der Waals surface area contributed by atoms with Gasteiger partial charge in [-0.2, -0.15) is 11.8 Å². The molecule has 0 aliphatic carbocycles. The molecule has 10 heteroatoms. The van der Waals surface area contributed by atoms with E-state index in [1.165, 1.54) is 0 Å². The summed E-state index contributed by atoms with van der Waals surface area (Å²) in [6.45, 7) is 11.8. The second kappa shape index (κ2) is 20.2. The topological polar surface area (TPSA) is 114 Å². The van der Waals surface area contributed by atoms with Crippen molar-refractivity contribution in [3.63, 3.8) is 0 Å². The molecule has 0 saturated heterocycles. The standard InChI is InChI=1S/C32H53N3O6S/c1-8-10-11-12-13-16-22-35(30(38)26(20-23-42-7)34-31(39)41-32(4,5)6)28(25-18-15-14-17-24(25)3)29(37)33-21-19-27(36)40-9-2/h14-15,17-18,26,28H,8-13,16,19-23H2,1-7H3,(H,33,37)(H,34,39). The average molecular weight is 608 g/mol. The van der Waals surface area contributed by atoms with E-state index in [0.717, 1.165) is 44.1 Å². The van der Waals surface area contributed by atoms with Crippen LogP contribution in [0.1, 0.15) is 103 Å². The van der Waals surface area contributed by atoms with Crippen LogP contribution in [0.25, 0.3) is 0 Å². The Morgan fingerprint density at radius 2 is 1.67 bits per heavy atom. The predicted molar refractivity (Wildman–Crippen MR) is 169 cm³/mol. The van der Waals surface area contributed by atoms with Crippen molar-refractivity contribution >= 4 is 35.6 Å². The monoisotopic (exact) mass is 607 g/mol. The number of nitrogens with zero attached hydrogens (tertiary/aromatic N) is 1. The third-order valence-electron chi connectivity index (χ3n) is 6.61. The molecule has 3 amide bonds. The van der Waals surface area contributed by atoms with Crippen LogP contribution < -0.4 is 10.6 Å². The highest BCUT2D eigenvalue weighted by Crippen LogP contribution is 2.27. The predicted octanol–water partition coefficient (Wildman–Crippen LogP) is 5.94. The number of unbranched alkanes of at least 4 members (excludes halogenated alkanes) is 5. The normalized spacial score (nSPS) is 12.6. The molecule has 1 aromatic rings. The highest BCUT2D eigenvalue weighted by molar-refractivity contribution is 7.98. The van der Waals surface area contributed by atoms with Crippen LogP contribution in [0.15, 0.2) is 24.3 Å². The molecule has 0 radical (unpaired) electrons. The quantitative estimate of drug-likeness (QED) is 0.148. The fourth-order valence-corrected chi connectivity index (χ4v) is 5.01. The number of amides is 3. The Morgan fingerprint density at radius 3 is 2.29 bits per heavy atom. The molecule has 1 aromatic carbocycles. The molecule has 2 atom stereocenters. The number of esters is 1. The lowest BCUT2D eigenvalue weighted by Gasteiger charge is -2.35. The Labute approximate surface area is 257 Å². The molecule has 0 saturated carbocycles. The van der Waals surface area contributed by atoms with E-state index in [4.69, 9.17) is 9.47 Å². The summed E-state index contributed by atoms with van der Waals surface area (Å²) in [6, 6.07) is 5.69. The van der Waals surface area contributed by atoms with Gasteiger partial charge in [0.15, 0.2) is 0 Å². The Kier molecular flexibility index (Phi) is 17.9. The second-order valence-corrected chi connectivity index (χ2v) is 12.4. The molecule has 9 nitrogen and oxygen atoms in total. The van der Waals surface area contributed by atoms with Gasteiger partial charge in [-0.15, -0.1) is 0 Å². The summed E-state index contributed by atoms with van der Waals surface area (Å²) in [7, 11) is 0. The maximum absolute atomic E-state index is 14.3. The Bertz CT molecular complexity index is 981. The summed E-state index contributed by atoms with van der Waals surface area (Å²) in [5, 5.41) is 5.64. The first-order valence-electron chi connectivity index (χ1n) is 15.2. The number of rotatable bonds is 19. The zero-order valence-electron chi connectivity index (χ0n) is 26.8. The number of aryl methyl sites for hydroxylation is 1. The van der Waals surface area contributed by atoms with Crippen LogP contribution in [0.4, 0.5) is 4.79 Å². The summed E-state index contributed by atoms with van der Waals surface area (Å²) >= 11 is 1.57. The summed E-state index contributed by atoms with van der Waals surface area (Å²) in [5.74, 6) is -0.479. The zero-order chi connectivity index (χ0) is 31.5. The van der Waals surface area contributed by atoms with Crippen LogP contribution in [-0.4, -0.2) is 72.1 Å². The van der Waals surface area contributed by atoms with Gasteiger partial charge < -0.3 is 25.0 Å². The Morgan fingerprint density at radius 1 is 1.00 bits per heavy atom. The van der Waals surface area contributed by atoms with Gasteiger partial charge in [0, 0.05) is 13.1 Å². The van der Waals surface area contributed by atoms with E-state index in [1.54, 1.807) is 44.4 Å². The molecule has 0 heterocycles. The van der Waals surface area contributed by atoms with Crippen molar-refractivity contribution in [2.24, 2.45) is 0 Å². The molecule has 0 fully saturated rings. The van der Waals surface area contributed by atoms with Crippen LogP contribution in [0.3, 0.4) is 0 Å². The van der Waals surface area contributed by atoms with E-state index in [2.05, 4.69) is 17.6 Å². The summed E-state index contributed by atoms with van der Waals surface area (Å²) in [4.78, 5) is 54.4. The van der Waals surface area contributed by atoms with Gasteiger partial charge in [0.2, 0.25) is 11.8 Å². The van der Waals surface area contributed by atoms with Gasteiger partial charge >= 0.3 is 12.1 Å². The van der Waals surface area contributed by atoms with Crippen LogP contribution in [0.2, 0.25) is 0 Å². The van der Waals surface area contributed by atoms with Gasteiger partial charge in [0.25, 0.3) is 0 Å². The number of carbonyl (C=O) groups excluding carboxylic acids is 4. The Balaban J connectivity index is 3.41. The van der Waals surface area contributed by atoms with E-state index < -0.39 is 29.7 Å². The molecule has 0 aromatic heterocycles. The number of nitrogens with one attached hydrogen (secondary N) is 2. The highest BCUT2D eigenvalue weighted by atomic mass is 32.2. The van der Waals surface area contributed by atoms with Gasteiger partial charge in [0.05, 0.1) is 13.0 Å². The van der Waals surface area contributed by atoms with Crippen LogP contribution in [0, 0.1) is 6.92 Å². The molecule has 0 aliphatic rings. The van der Waals surface area contributed by atoms with Gasteiger partial charge in [-0.1, -0.05) is 63.3 Å². The van der Waals surface area contributed by atoms with Crippen LogP contribution >= 0.6 is 11.8 Å². The third kappa shape index (κ3) is 14.4. The third-order valence-corrected chi connectivity index (χ3v) is 7.26. The van der Waals surface area contributed by atoms with Crippen molar-refractivity contribution in [1.82, 2.24) is 15.5 Å². The van der Waals surface area contributed by atoms with E-state index in [1.807, 2.05) is 37.4 Å². The van der Waals surface area contributed by atoms with Crippen molar-refractivity contribution in [2.75, 3.05) is 31.7 Å². The van der Waals surface area contributed by atoms with Crippen molar-refractivity contribution in [3.8, 4) is 0 Å². The lowest BCUT2D eigenvalue weighted by Crippen LogP contribution is -2.53. The highest BCUT2D eigenvalue weighted by Gasteiger charge is 2.36. The van der Waals surface area contributed by atoms with E-state index in [9.17, 15) is 19.2 Å². The maximum atomic E-state index is 14.3. The summed E-state index contributed by atoms with van der Waals surface area (Å²) < 4.78 is 10.5. The number of benzene rings is 1. The largest absolute Gasteiger partial charge is 0.466 e. The van der Waals surface area contributed by atoms with Gasteiger partial charge in [-0.25, -0.2) is 4.79 Å². The number of ether oxygens (including phenoxy) is 2. The number of hydrogen-bond acceptors (Lipinski definition) is 7. The SMILES string of the molecule is CCCCCCCCN(C(=O)C(CCSC)NC(=O)OC(C)(C)C)C(C(=O)NCCC(=O)OCC)c1ccccc1C. The lowest BCUT2D eigenvalue weighted by molar-refractivity contribution is -0.144. The minimum absolute atomic E-state index is 0.0298. The smallest absolute Gasteiger partial charge is 0.408 e. The van der Waals surface area contributed by atoms with Gasteiger partial charge in [-0.3, -0.25) is 14.4 Å². The minimum atomic E-state index is -0.936. The second-order valence-electron chi connectivity index (χ2n) is 11.4. The molecule has 0 aliphatic heterocycles. The summed E-state index contributed by atoms with van der Waals surface area (Å²) in [5.41, 5.74) is 0.841. The number of alkyl carbamates (subject to hydrolysis) is 1. The minimum Gasteiger partial charge on any atom is -0.466 e. The average Bonchev–Trinajstić information content (AvgIpc) is 2.91. The van der Waals surface area contributed by atoms with Crippen LogP contribution in [-0.2, 0) is 23.9 Å². The van der Waals surface area contributed by atoms with E-state index in [0.29, 0.717) is 24.3 Å². The van der Waals surface area contributed by atoms with Crippen molar-refractivity contribution in [2.45, 2.75) is 111 Å². The lowest BCUT2D eigenvalue weighted by atomic mass is 9.97. The molecule has 1 rings (SSSR count). The first-order valence-corrected chi connectivity index (χ1v) is 16.6. The molecule has 0 bridgehead atoms. The van der Waals surface area contributed by atoms with Crippen molar-refractivity contribution in [3.05, 3.63) is 35.4 Å². The zero-order valence-corrected chi connectivity index (χ0v) is 27.6. The number of hydrogen-bond donors (Lipinski definition) is 2. The number of carbonyl (C=O) groups is 4. The Hall–Kier alpha value is -2.75. The molecule has 2 unspecified atom stereocenters. The van der Waals surface area contributed by atoms with E-state index in [-0.39, 0.29) is 31.4 Å². The fourth-order valence-electron chi connectivity index (χ4n) is 4.53. The summed E-state index contributed by atoms with van der Waals surface area (Å²) in [6.07, 6.45) is 7.79. The van der Waals surface area contributed by atoms with Crippen LogP contribution in [0.5, 0.6) is 0 Å². The first-order chi connectivity index (χ1) is 19.9. The maximum Gasteiger partial charge on any atom is 0.408 e. The van der Waals surface area contributed by atoms with Gasteiger partial charge in [0.1, 0.15) is 17.7 Å². The van der Waals surface area contributed by atoms with Crippen molar-refractivity contribution < 1.29 is 28.7 Å². The molecular formula is C32H53N3O6S.